The van der Waals surface area contributed by atoms with Crippen molar-refractivity contribution < 1.29 is 13.2 Å². The Kier molecular flexibility index (Phi) is 4.28. The van der Waals surface area contributed by atoms with Crippen LogP contribution in [0, 0.1) is 0 Å². The van der Waals surface area contributed by atoms with Crippen LogP contribution in [-0.4, -0.2) is 25.7 Å². The highest BCUT2D eigenvalue weighted by molar-refractivity contribution is 6.32. The number of aromatic amines is 1. The maximum Gasteiger partial charge on any atom is 0.390 e. The van der Waals surface area contributed by atoms with Crippen molar-refractivity contribution in [2.45, 2.75) is 32.5 Å². The predicted octanol–water partition coefficient (Wildman–Crippen LogP) is 2.75. The van der Waals surface area contributed by atoms with E-state index in [-0.39, 0.29) is 17.0 Å². The van der Waals surface area contributed by atoms with Gasteiger partial charge in [0.05, 0.1) is 17.5 Å². The molecule has 0 fully saturated rings. The molecule has 6 nitrogen and oxygen atoms in total. The Morgan fingerprint density at radius 3 is 2.60 bits per heavy atom. The van der Waals surface area contributed by atoms with Gasteiger partial charge in [0.25, 0.3) is 5.56 Å². The minimum atomic E-state index is -4.41. The molecular weight excluding hydrogens is 361 g/mol. The molecule has 1 aromatic rings. The summed E-state index contributed by atoms with van der Waals surface area (Å²) in [7, 11) is 0. The molecule has 0 unspecified atom stereocenters. The van der Waals surface area contributed by atoms with E-state index in [1.165, 1.54) is 10.6 Å². The molecule has 0 amide bonds. The molecule has 0 radical (unpaired) electrons. The van der Waals surface area contributed by atoms with Gasteiger partial charge in [0.2, 0.25) is 0 Å². The van der Waals surface area contributed by atoms with Gasteiger partial charge in [0, 0.05) is 11.6 Å². The summed E-state index contributed by atoms with van der Waals surface area (Å²) in [5.41, 5.74) is -0.673. The molecule has 1 N–H and O–H groups in total. The lowest BCUT2D eigenvalue weighted by Crippen LogP contribution is -2.29. The van der Waals surface area contributed by atoms with Crippen LogP contribution in [0.1, 0.15) is 18.9 Å². The van der Waals surface area contributed by atoms with Gasteiger partial charge in [-0.1, -0.05) is 18.5 Å². The Labute approximate surface area is 143 Å². The van der Waals surface area contributed by atoms with Crippen molar-refractivity contribution in [3.05, 3.63) is 43.6 Å². The van der Waals surface area contributed by atoms with Gasteiger partial charge in [0.15, 0.2) is 11.5 Å². The van der Waals surface area contributed by atoms with Crippen LogP contribution in [0.15, 0.2) is 21.7 Å². The average Bonchev–Trinajstić information content (AvgIpc) is 2.50. The van der Waals surface area contributed by atoms with Crippen molar-refractivity contribution in [2.24, 2.45) is 0 Å². The molecule has 0 atom stereocenters. The minimum absolute atomic E-state index is 0.185. The van der Waals surface area contributed by atoms with E-state index >= 15 is 0 Å². The number of halogens is 4. The molecule has 2 aliphatic heterocycles. The van der Waals surface area contributed by atoms with E-state index in [2.05, 4.69) is 9.97 Å². The fraction of sp³-hybridized carbons (Fsp3) is 0.333. The molecule has 0 spiro atoms. The van der Waals surface area contributed by atoms with E-state index in [0.717, 1.165) is 0 Å². The van der Waals surface area contributed by atoms with Crippen LogP contribution in [0.5, 0.6) is 0 Å². The molecule has 0 saturated heterocycles. The maximum atomic E-state index is 12.7. The second-order valence-electron chi connectivity index (χ2n) is 5.46. The molecule has 0 aromatic heterocycles. The van der Waals surface area contributed by atoms with E-state index in [0.29, 0.717) is 22.5 Å². The zero-order valence-corrected chi connectivity index (χ0v) is 13.7. The number of fused-ring (bicyclic) bond motifs is 2. The Balaban J connectivity index is 2.39. The lowest BCUT2D eigenvalue weighted by Gasteiger charge is -2.18. The van der Waals surface area contributed by atoms with Gasteiger partial charge < -0.3 is 4.57 Å². The number of hydrogen-bond acceptors (Lipinski definition) is 4. The summed E-state index contributed by atoms with van der Waals surface area (Å²) in [6.45, 7) is 1.35. The Morgan fingerprint density at radius 1 is 1.24 bits per heavy atom. The first-order chi connectivity index (χ1) is 11.7. The first-order valence-corrected chi connectivity index (χ1v) is 7.77. The van der Waals surface area contributed by atoms with Crippen LogP contribution in [0.3, 0.4) is 0 Å². The van der Waals surface area contributed by atoms with Gasteiger partial charge in [-0.3, -0.25) is 9.78 Å². The van der Waals surface area contributed by atoms with E-state index in [4.69, 9.17) is 11.6 Å². The summed E-state index contributed by atoms with van der Waals surface area (Å²) in [4.78, 5) is 33.2. The van der Waals surface area contributed by atoms with Crippen LogP contribution in [0.2, 0.25) is 5.02 Å². The van der Waals surface area contributed by atoms with E-state index in [1.807, 2.05) is 11.9 Å². The highest BCUT2D eigenvalue weighted by atomic mass is 35.5. The van der Waals surface area contributed by atoms with Gasteiger partial charge in [0.1, 0.15) is 0 Å². The molecule has 0 bridgehead atoms. The lowest BCUT2D eigenvalue weighted by molar-refractivity contribution is -0.136. The first kappa shape index (κ1) is 17.4. The standard InChI is InChI=1S/C15H12ClF3N4O2/c1-2-7-5-10-9(6-8(7)16)20-11-12(21-14(25)22-13(11)24)23(10)4-3-15(17,18)19/h5-6H,2-4H2,1H3,(H,22,24,25). The van der Waals surface area contributed by atoms with Gasteiger partial charge in [-0.05, 0) is 24.1 Å². The van der Waals surface area contributed by atoms with E-state index in [1.54, 1.807) is 6.07 Å². The third-order valence-corrected chi connectivity index (χ3v) is 4.13. The molecule has 2 heterocycles. The summed E-state index contributed by atoms with van der Waals surface area (Å²) in [5, 5.41) is 0.397. The van der Waals surface area contributed by atoms with Gasteiger partial charge in [-0.15, -0.1) is 0 Å². The third-order valence-electron chi connectivity index (χ3n) is 3.78. The summed E-state index contributed by atoms with van der Waals surface area (Å²) in [5.74, 6) is -0.185. The molecule has 0 aliphatic carbocycles. The first-order valence-electron chi connectivity index (χ1n) is 7.39. The number of aryl methyl sites for hydroxylation is 2. The molecule has 3 rings (SSSR count). The number of nitrogens with one attached hydrogen (secondary N) is 1. The number of H-pyrrole nitrogens is 1. The van der Waals surface area contributed by atoms with Gasteiger partial charge in [-0.25, -0.2) is 9.78 Å². The number of rotatable bonds is 3. The summed E-state index contributed by atoms with van der Waals surface area (Å²) < 4.78 is 39.3. The Morgan fingerprint density at radius 2 is 1.96 bits per heavy atom. The Hall–Kier alpha value is -2.42. The monoisotopic (exact) mass is 372 g/mol. The van der Waals surface area contributed by atoms with E-state index in [9.17, 15) is 22.8 Å². The molecule has 132 valence electrons. The van der Waals surface area contributed by atoms with E-state index < -0.39 is 30.4 Å². The second-order valence-corrected chi connectivity index (χ2v) is 5.86. The number of hydrogen-bond donors (Lipinski definition) is 1. The predicted molar refractivity (Wildman–Crippen MR) is 86.1 cm³/mol. The van der Waals surface area contributed by atoms with Crippen molar-refractivity contribution in [2.75, 3.05) is 0 Å². The Bertz CT molecular complexity index is 1040. The molecular formula is C15H12ClF3N4O2. The quantitative estimate of drug-likeness (QED) is 0.717. The van der Waals surface area contributed by atoms with Crippen LogP contribution < -0.4 is 11.2 Å². The molecule has 10 heteroatoms. The van der Waals surface area contributed by atoms with Crippen LogP contribution in [0.4, 0.5) is 13.2 Å². The van der Waals surface area contributed by atoms with Gasteiger partial charge in [-0.2, -0.15) is 18.2 Å². The van der Waals surface area contributed by atoms with Gasteiger partial charge >= 0.3 is 11.9 Å². The molecule has 25 heavy (non-hydrogen) atoms. The third kappa shape index (κ3) is 3.37. The largest absolute Gasteiger partial charge is 0.390 e. The smallest absolute Gasteiger partial charge is 0.322 e. The van der Waals surface area contributed by atoms with Crippen molar-refractivity contribution in [3.63, 3.8) is 0 Å². The summed E-state index contributed by atoms with van der Waals surface area (Å²) >= 11 is 6.14. The molecule has 1 aromatic carbocycles. The maximum absolute atomic E-state index is 12.7. The van der Waals surface area contributed by atoms with Crippen molar-refractivity contribution in [1.82, 2.24) is 19.5 Å². The van der Waals surface area contributed by atoms with Crippen molar-refractivity contribution in [1.29, 1.82) is 0 Å². The summed E-state index contributed by atoms with van der Waals surface area (Å²) in [6, 6.07) is 3.09. The van der Waals surface area contributed by atoms with Crippen molar-refractivity contribution in [3.8, 4) is 11.5 Å². The second kappa shape index (κ2) is 6.14. The lowest BCUT2D eigenvalue weighted by atomic mass is 10.1. The van der Waals surface area contributed by atoms with Crippen LogP contribution >= 0.6 is 11.6 Å². The van der Waals surface area contributed by atoms with Crippen LogP contribution in [-0.2, 0) is 13.0 Å². The number of aromatic nitrogens is 4. The highest BCUT2D eigenvalue weighted by Crippen LogP contribution is 2.29. The van der Waals surface area contributed by atoms with Crippen LogP contribution in [0.25, 0.3) is 22.6 Å². The normalized spacial score (nSPS) is 12.2. The number of nitrogens with zero attached hydrogens (tertiary/aromatic N) is 3. The fourth-order valence-electron chi connectivity index (χ4n) is 2.59. The zero-order valence-electron chi connectivity index (χ0n) is 12.9. The highest BCUT2D eigenvalue weighted by Gasteiger charge is 2.28. The average molecular weight is 373 g/mol. The van der Waals surface area contributed by atoms with Crippen molar-refractivity contribution >= 4 is 22.6 Å². The zero-order chi connectivity index (χ0) is 18.4. The summed E-state index contributed by atoms with van der Waals surface area (Å²) in [6.07, 6.45) is -4.99. The topological polar surface area (TPSA) is 80.6 Å². The SMILES string of the molecule is CCc1cc2c(cc1Cl)nc1c(=O)[nH]c(=O)nc-1n2CCC(F)(F)F. The number of benzene rings is 1. The number of alkyl halides is 3. The minimum Gasteiger partial charge on any atom is -0.322 e. The fourth-order valence-corrected chi connectivity index (χ4v) is 2.89. The molecule has 2 aliphatic rings. The molecule has 0 saturated carbocycles.